The van der Waals surface area contributed by atoms with E-state index in [-0.39, 0.29) is 23.8 Å². The second-order valence-corrected chi connectivity index (χ2v) is 5.27. The van der Waals surface area contributed by atoms with Crippen LogP contribution in [0.5, 0.6) is 0 Å². The molecule has 21 heavy (non-hydrogen) atoms. The molecule has 1 N–H and O–H groups in total. The summed E-state index contributed by atoms with van der Waals surface area (Å²) in [6.07, 6.45) is 1.54. The van der Waals surface area contributed by atoms with Crippen molar-refractivity contribution in [2.75, 3.05) is 6.54 Å². The highest BCUT2D eigenvalue weighted by Gasteiger charge is 2.35. The zero-order valence-corrected chi connectivity index (χ0v) is 11.8. The van der Waals surface area contributed by atoms with Crippen molar-refractivity contribution in [3.63, 3.8) is 0 Å². The van der Waals surface area contributed by atoms with Crippen LogP contribution in [-0.2, 0) is 4.79 Å². The van der Waals surface area contributed by atoms with E-state index in [2.05, 4.69) is 0 Å². The first-order chi connectivity index (χ1) is 9.81. The Hall–Kier alpha value is -2.44. The summed E-state index contributed by atoms with van der Waals surface area (Å²) in [5.74, 6) is -1.55. The Balaban J connectivity index is 2.39. The van der Waals surface area contributed by atoms with Gasteiger partial charge in [0.2, 0.25) is 0 Å². The number of carboxylic acids is 1. The van der Waals surface area contributed by atoms with Crippen molar-refractivity contribution in [1.82, 2.24) is 4.90 Å². The Kier molecular flexibility index (Phi) is 3.93. The van der Waals surface area contributed by atoms with Crippen LogP contribution in [0.25, 0.3) is 0 Å². The van der Waals surface area contributed by atoms with Crippen LogP contribution < -0.4 is 0 Å². The molecule has 112 valence electrons. The predicted molar refractivity (Wildman–Crippen MR) is 74.3 cm³/mol. The summed E-state index contributed by atoms with van der Waals surface area (Å²) >= 11 is 0. The lowest BCUT2D eigenvalue weighted by Crippen LogP contribution is -2.37. The van der Waals surface area contributed by atoms with E-state index < -0.39 is 16.8 Å². The van der Waals surface area contributed by atoms with E-state index in [0.29, 0.717) is 11.1 Å². The number of hydrogen-bond donors (Lipinski definition) is 1. The van der Waals surface area contributed by atoms with Gasteiger partial charge in [0.25, 0.3) is 11.6 Å². The molecule has 1 aliphatic carbocycles. The first-order valence-electron chi connectivity index (χ1n) is 6.59. The Bertz CT molecular complexity index is 622. The molecule has 0 spiro atoms. The highest BCUT2D eigenvalue weighted by molar-refractivity contribution is 5.98. The largest absolute Gasteiger partial charge is 0.480 e. The molecular weight excluding hydrogens is 276 g/mol. The van der Waals surface area contributed by atoms with Crippen LogP contribution in [0.1, 0.15) is 34.3 Å². The number of nitro benzene ring substituents is 1. The predicted octanol–water partition coefficient (Wildman–Crippen LogP) is 1.90. The molecule has 0 saturated heterocycles. The number of carbonyl (C=O) groups is 2. The van der Waals surface area contributed by atoms with Gasteiger partial charge in [-0.3, -0.25) is 19.7 Å². The highest BCUT2D eigenvalue weighted by Crippen LogP contribution is 2.30. The molecule has 1 fully saturated rings. The number of rotatable bonds is 5. The van der Waals surface area contributed by atoms with Crippen LogP contribution in [0.3, 0.4) is 0 Å². The second-order valence-electron chi connectivity index (χ2n) is 5.27. The van der Waals surface area contributed by atoms with Crippen molar-refractivity contribution in [3.8, 4) is 0 Å². The minimum absolute atomic E-state index is 0.0756. The smallest absolute Gasteiger partial charge is 0.323 e. The lowest BCUT2D eigenvalue weighted by molar-refractivity contribution is -0.385. The van der Waals surface area contributed by atoms with Crippen LogP contribution >= 0.6 is 0 Å². The molecule has 1 aliphatic rings. The number of nitrogens with zero attached hydrogens (tertiary/aromatic N) is 2. The maximum absolute atomic E-state index is 12.5. The van der Waals surface area contributed by atoms with Gasteiger partial charge in [-0.2, -0.15) is 0 Å². The lowest BCUT2D eigenvalue weighted by Gasteiger charge is -2.21. The normalized spacial score (nSPS) is 13.8. The molecule has 1 aromatic rings. The quantitative estimate of drug-likeness (QED) is 0.659. The second kappa shape index (κ2) is 5.51. The minimum atomic E-state index is -1.09. The molecular formula is C14H16N2O5. The van der Waals surface area contributed by atoms with Crippen LogP contribution in [0.2, 0.25) is 0 Å². The molecule has 0 aromatic heterocycles. The van der Waals surface area contributed by atoms with E-state index in [4.69, 9.17) is 5.11 Å². The Morgan fingerprint density at radius 3 is 2.43 bits per heavy atom. The van der Waals surface area contributed by atoms with Crippen molar-refractivity contribution in [2.24, 2.45) is 0 Å². The summed E-state index contributed by atoms with van der Waals surface area (Å²) in [5.41, 5.74) is 1.15. The standard InChI is InChI=1S/C14H16N2O5/c1-8-5-9(2)12(16(20)21)6-11(8)14(19)15(7-13(17)18)10-3-4-10/h5-6,10H,3-4,7H2,1-2H3,(H,17,18). The fraction of sp³-hybridized carbons (Fsp3) is 0.429. The topological polar surface area (TPSA) is 101 Å². The molecule has 0 atom stereocenters. The van der Waals surface area contributed by atoms with E-state index in [1.165, 1.54) is 11.0 Å². The van der Waals surface area contributed by atoms with E-state index in [9.17, 15) is 19.7 Å². The van der Waals surface area contributed by atoms with Crippen LogP contribution in [0.4, 0.5) is 5.69 Å². The van der Waals surface area contributed by atoms with Gasteiger partial charge < -0.3 is 10.0 Å². The summed E-state index contributed by atoms with van der Waals surface area (Å²) in [5, 5.41) is 19.9. The highest BCUT2D eigenvalue weighted by atomic mass is 16.6. The first kappa shape index (κ1) is 15.0. The van der Waals surface area contributed by atoms with Crippen LogP contribution in [0.15, 0.2) is 12.1 Å². The molecule has 0 aliphatic heterocycles. The number of aryl methyl sites for hydroxylation is 2. The number of carbonyl (C=O) groups excluding carboxylic acids is 1. The van der Waals surface area contributed by atoms with Gasteiger partial charge >= 0.3 is 5.97 Å². The third kappa shape index (κ3) is 3.18. The lowest BCUT2D eigenvalue weighted by atomic mass is 10.0. The van der Waals surface area contributed by atoms with E-state index >= 15 is 0 Å². The zero-order chi connectivity index (χ0) is 15.7. The maximum atomic E-state index is 12.5. The monoisotopic (exact) mass is 292 g/mol. The fourth-order valence-corrected chi connectivity index (χ4v) is 2.32. The number of aliphatic carboxylic acids is 1. The van der Waals surface area contributed by atoms with Gasteiger partial charge in [0.05, 0.1) is 4.92 Å². The Labute approximate surface area is 121 Å². The molecule has 7 nitrogen and oxygen atoms in total. The molecule has 0 bridgehead atoms. The van der Waals surface area contributed by atoms with Crippen molar-refractivity contribution < 1.29 is 19.6 Å². The summed E-state index contributed by atoms with van der Waals surface area (Å²) < 4.78 is 0. The summed E-state index contributed by atoms with van der Waals surface area (Å²) in [6.45, 7) is 2.91. The maximum Gasteiger partial charge on any atom is 0.323 e. The molecule has 0 unspecified atom stereocenters. The number of hydrogen-bond acceptors (Lipinski definition) is 4. The average Bonchev–Trinajstić information content (AvgIpc) is 3.18. The third-order valence-corrected chi connectivity index (χ3v) is 3.52. The molecule has 0 radical (unpaired) electrons. The molecule has 1 aromatic carbocycles. The van der Waals surface area contributed by atoms with Gasteiger partial charge in [-0.15, -0.1) is 0 Å². The van der Waals surface area contributed by atoms with E-state index in [1.807, 2.05) is 0 Å². The number of carboxylic acid groups (broad SMARTS) is 1. The molecule has 1 saturated carbocycles. The number of benzene rings is 1. The van der Waals surface area contributed by atoms with Crippen molar-refractivity contribution >= 4 is 17.6 Å². The van der Waals surface area contributed by atoms with Gasteiger partial charge in [0.15, 0.2) is 0 Å². The van der Waals surface area contributed by atoms with E-state index in [1.54, 1.807) is 19.9 Å². The van der Waals surface area contributed by atoms with Gasteiger partial charge in [0.1, 0.15) is 6.54 Å². The first-order valence-corrected chi connectivity index (χ1v) is 6.59. The van der Waals surface area contributed by atoms with Crippen LogP contribution in [0, 0.1) is 24.0 Å². The Morgan fingerprint density at radius 1 is 1.33 bits per heavy atom. The summed E-state index contributed by atoms with van der Waals surface area (Å²) in [7, 11) is 0. The third-order valence-electron chi connectivity index (χ3n) is 3.52. The van der Waals surface area contributed by atoms with E-state index in [0.717, 1.165) is 12.8 Å². The van der Waals surface area contributed by atoms with Crippen LogP contribution in [-0.4, -0.2) is 39.4 Å². The molecule has 1 amide bonds. The van der Waals surface area contributed by atoms with Crippen molar-refractivity contribution in [3.05, 3.63) is 38.9 Å². The number of nitro groups is 1. The SMILES string of the molecule is Cc1cc(C)c([N+](=O)[O-])cc1C(=O)N(CC(=O)O)C1CC1. The molecule has 7 heteroatoms. The van der Waals surface area contributed by atoms with Gasteiger partial charge in [-0.05, 0) is 38.3 Å². The van der Waals surface area contributed by atoms with Gasteiger partial charge in [-0.25, -0.2) is 0 Å². The molecule has 0 heterocycles. The van der Waals surface area contributed by atoms with Gasteiger partial charge in [-0.1, -0.05) is 0 Å². The van der Waals surface area contributed by atoms with Gasteiger partial charge in [0, 0.05) is 23.2 Å². The average molecular weight is 292 g/mol. The molecule has 2 rings (SSSR count). The number of amides is 1. The van der Waals surface area contributed by atoms with Crippen molar-refractivity contribution in [2.45, 2.75) is 32.7 Å². The Morgan fingerprint density at radius 2 is 1.95 bits per heavy atom. The zero-order valence-electron chi connectivity index (χ0n) is 11.8. The minimum Gasteiger partial charge on any atom is -0.480 e. The van der Waals surface area contributed by atoms with Crippen molar-refractivity contribution in [1.29, 1.82) is 0 Å². The fourth-order valence-electron chi connectivity index (χ4n) is 2.32. The summed E-state index contributed by atoms with van der Waals surface area (Å²) in [4.78, 5) is 35.1. The summed E-state index contributed by atoms with van der Waals surface area (Å²) in [6, 6.07) is 2.75.